The fraction of sp³-hybridized carbons (Fsp3) is 0.375. The maximum Gasteiger partial charge on any atom is 0.222 e. The molecule has 1 aliphatic heterocycles. The van der Waals surface area contributed by atoms with Crippen LogP contribution in [-0.4, -0.2) is 22.3 Å². The minimum atomic E-state index is -0.329. The summed E-state index contributed by atoms with van der Waals surface area (Å²) in [6.45, 7) is 1.08. The van der Waals surface area contributed by atoms with Gasteiger partial charge in [0.1, 0.15) is 11.6 Å². The minimum absolute atomic E-state index is 0.0438. The molecule has 3 rings (SSSR count). The number of amides is 1. The van der Waals surface area contributed by atoms with Gasteiger partial charge in [0.25, 0.3) is 0 Å². The zero-order valence-corrected chi connectivity index (χ0v) is 12.2. The molecule has 1 aromatic carbocycles. The van der Waals surface area contributed by atoms with E-state index in [0.717, 1.165) is 18.4 Å². The molecule has 0 aliphatic carbocycles. The van der Waals surface area contributed by atoms with E-state index >= 15 is 0 Å². The number of rotatable bonds is 4. The zero-order chi connectivity index (χ0) is 15.4. The summed E-state index contributed by atoms with van der Waals surface area (Å²) in [6, 6.07) is 6.16. The van der Waals surface area contributed by atoms with Crippen molar-refractivity contribution in [1.29, 1.82) is 0 Å². The van der Waals surface area contributed by atoms with Crippen molar-refractivity contribution in [1.82, 2.24) is 15.1 Å². The Hall–Kier alpha value is -2.37. The smallest absolute Gasteiger partial charge is 0.222 e. The van der Waals surface area contributed by atoms with Gasteiger partial charge in [-0.2, -0.15) is 5.10 Å². The van der Waals surface area contributed by atoms with Gasteiger partial charge < -0.3 is 10.1 Å². The number of ether oxygens (including phenoxy) is 1. The molecule has 2 heterocycles. The van der Waals surface area contributed by atoms with E-state index in [0.29, 0.717) is 25.3 Å². The number of nitrogens with one attached hydrogen (secondary N) is 1. The van der Waals surface area contributed by atoms with E-state index in [1.54, 1.807) is 16.9 Å². The summed E-state index contributed by atoms with van der Waals surface area (Å²) in [5.41, 5.74) is 0.839. The highest BCUT2D eigenvalue weighted by atomic mass is 19.1. The number of hydrogen-bond donors (Lipinski definition) is 1. The predicted octanol–water partition coefficient (Wildman–Crippen LogP) is 2.44. The first kappa shape index (κ1) is 14.6. The molecule has 1 atom stereocenters. The summed E-state index contributed by atoms with van der Waals surface area (Å²) in [7, 11) is 0. The van der Waals surface area contributed by atoms with E-state index in [1.165, 1.54) is 12.1 Å². The lowest BCUT2D eigenvalue weighted by molar-refractivity contribution is -0.122. The van der Waals surface area contributed by atoms with Crippen LogP contribution >= 0.6 is 0 Å². The maximum atomic E-state index is 13.3. The molecule has 22 heavy (non-hydrogen) atoms. The van der Waals surface area contributed by atoms with Crippen molar-refractivity contribution < 1.29 is 13.9 Å². The molecular weight excluding hydrogens is 285 g/mol. The Labute approximate surface area is 128 Å². The third-order valence-corrected chi connectivity index (χ3v) is 3.71. The van der Waals surface area contributed by atoms with Gasteiger partial charge >= 0.3 is 0 Å². The monoisotopic (exact) mass is 303 g/mol. The van der Waals surface area contributed by atoms with Gasteiger partial charge in [-0.1, -0.05) is 6.07 Å². The Bertz CT molecular complexity index is 643. The SMILES string of the molecule is O=C(CCn1cccn1)NC1CCCOc2cc(F)ccc21. The van der Waals surface area contributed by atoms with Crippen LogP contribution in [0.5, 0.6) is 5.75 Å². The molecule has 0 fully saturated rings. The zero-order valence-electron chi connectivity index (χ0n) is 12.2. The number of carbonyl (C=O) groups excluding carboxylic acids is 1. The van der Waals surface area contributed by atoms with Gasteiger partial charge in [-0.15, -0.1) is 0 Å². The number of halogens is 1. The highest BCUT2D eigenvalue weighted by molar-refractivity contribution is 5.76. The van der Waals surface area contributed by atoms with Crippen LogP contribution < -0.4 is 10.1 Å². The Kier molecular flexibility index (Phi) is 4.37. The van der Waals surface area contributed by atoms with E-state index in [1.807, 2.05) is 12.3 Å². The average Bonchev–Trinajstić information content (AvgIpc) is 2.95. The van der Waals surface area contributed by atoms with Crippen molar-refractivity contribution >= 4 is 5.91 Å². The molecule has 1 aliphatic rings. The van der Waals surface area contributed by atoms with Crippen LogP contribution in [0.1, 0.15) is 30.9 Å². The average molecular weight is 303 g/mol. The highest BCUT2D eigenvalue weighted by Crippen LogP contribution is 2.32. The molecule has 2 aromatic rings. The lowest BCUT2D eigenvalue weighted by Gasteiger charge is -2.18. The Balaban J connectivity index is 1.65. The van der Waals surface area contributed by atoms with Crippen LogP contribution in [0.2, 0.25) is 0 Å². The van der Waals surface area contributed by atoms with Gasteiger partial charge in [-0.25, -0.2) is 4.39 Å². The normalized spacial score (nSPS) is 17.2. The van der Waals surface area contributed by atoms with Crippen molar-refractivity contribution in [3.8, 4) is 5.75 Å². The van der Waals surface area contributed by atoms with Crippen molar-refractivity contribution in [2.45, 2.75) is 31.8 Å². The molecule has 6 heteroatoms. The van der Waals surface area contributed by atoms with Gasteiger partial charge in [0.2, 0.25) is 5.91 Å². The Morgan fingerprint density at radius 1 is 1.50 bits per heavy atom. The van der Waals surface area contributed by atoms with Gasteiger partial charge in [-0.05, 0) is 25.0 Å². The second kappa shape index (κ2) is 6.60. The van der Waals surface area contributed by atoms with Gasteiger partial charge in [0, 0.05) is 37.0 Å². The second-order valence-corrected chi connectivity index (χ2v) is 5.31. The molecule has 1 unspecified atom stereocenters. The summed E-state index contributed by atoms with van der Waals surface area (Å²) in [4.78, 5) is 12.1. The molecule has 0 spiro atoms. The maximum absolute atomic E-state index is 13.3. The standard InChI is InChI=1S/C16H18FN3O2/c17-12-4-5-13-14(3-1-10-22-15(13)11-12)19-16(21)6-9-20-8-2-7-18-20/h2,4-5,7-8,11,14H,1,3,6,9-10H2,(H,19,21). The second-order valence-electron chi connectivity index (χ2n) is 5.31. The Morgan fingerprint density at radius 2 is 2.41 bits per heavy atom. The number of aryl methyl sites for hydroxylation is 1. The first-order chi connectivity index (χ1) is 10.7. The van der Waals surface area contributed by atoms with Crippen molar-refractivity contribution in [2.24, 2.45) is 0 Å². The first-order valence-corrected chi connectivity index (χ1v) is 7.41. The topological polar surface area (TPSA) is 56.2 Å². The van der Waals surface area contributed by atoms with E-state index in [2.05, 4.69) is 10.4 Å². The fourth-order valence-corrected chi connectivity index (χ4v) is 2.61. The molecule has 1 aromatic heterocycles. The van der Waals surface area contributed by atoms with E-state index < -0.39 is 0 Å². The van der Waals surface area contributed by atoms with E-state index in [4.69, 9.17) is 4.74 Å². The molecule has 116 valence electrons. The molecule has 1 N–H and O–H groups in total. The van der Waals surface area contributed by atoms with Crippen molar-refractivity contribution in [2.75, 3.05) is 6.61 Å². The van der Waals surface area contributed by atoms with E-state index in [-0.39, 0.29) is 17.8 Å². The number of fused-ring (bicyclic) bond motifs is 1. The number of hydrogen-bond acceptors (Lipinski definition) is 3. The van der Waals surface area contributed by atoms with E-state index in [9.17, 15) is 9.18 Å². The van der Waals surface area contributed by atoms with Crippen molar-refractivity contribution in [3.63, 3.8) is 0 Å². The summed E-state index contributed by atoms with van der Waals surface area (Å²) >= 11 is 0. The number of carbonyl (C=O) groups is 1. The molecule has 5 nitrogen and oxygen atoms in total. The van der Waals surface area contributed by atoms with Crippen molar-refractivity contribution in [3.05, 3.63) is 48.0 Å². The van der Waals surface area contributed by atoms with Gasteiger partial charge in [-0.3, -0.25) is 9.48 Å². The van der Waals surface area contributed by atoms with Crippen LogP contribution in [0.15, 0.2) is 36.7 Å². The molecule has 0 radical (unpaired) electrons. The first-order valence-electron chi connectivity index (χ1n) is 7.41. The lowest BCUT2D eigenvalue weighted by atomic mass is 10.0. The van der Waals surface area contributed by atoms with Crippen LogP contribution in [0.3, 0.4) is 0 Å². The predicted molar refractivity (Wildman–Crippen MR) is 78.9 cm³/mol. The minimum Gasteiger partial charge on any atom is -0.493 e. The van der Waals surface area contributed by atoms with Crippen LogP contribution in [0, 0.1) is 5.82 Å². The number of nitrogens with zero attached hydrogens (tertiary/aromatic N) is 2. The summed E-state index contributed by atoms with van der Waals surface area (Å²) < 4.78 is 20.6. The molecule has 1 amide bonds. The fourth-order valence-electron chi connectivity index (χ4n) is 2.61. The molecule has 0 saturated heterocycles. The third-order valence-electron chi connectivity index (χ3n) is 3.71. The van der Waals surface area contributed by atoms with Gasteiger partial charge in [0.05, 0.1) is 12.6 Å². The van der Waals surface area contributed by atoms with Crippen LogP contribution in [-0.2, 0) is 11.3 Å². The summed E-state index contributed by atoms with van der Waals surface area (Å²) in [6.07, 6.45) is 5.47. The van der Waals surface area contributed by atoms with Crippen LogP contribution in [0.25, 0.3) is 0 Å². The summed E-state index contributed by atoms with van der Waals surface area (Å²) in [5, 5.41) is 7.09. The molecule has 0 saturated carbocycles. The van der Waals surface area contributed by atoms with Gasteiger partial charge in [0.15, 0.2) is 0 Å². The largest absolute Gasteiger partial charge is 0.493 e. The Morgan fingerprint density at radius 3 is 3.23 bits per heavy atom. The number of benzene rings is 1. The lowest BCUT2D eigenvalue weighted by Crippen LogP contribution is -2.29. The third kappa shape index (κ3) is 3.44. The quantitative estimate of drug-likeness (QED) is 0.944. The highest BCUT2D eigenvalue weighted by Gasteiger charge is 2.21. The molecular formula is C16H18FN3O2. The summed E-state index contributed by atoms with van der Waals surface area (Å²) in [5.74, 6) is 0.150. The molecule has 0 bridgehead atoms. The van der Waals surface area contributed by atoms with Crippen LogP contribution in [0.4, 0.5) is 4.39 Å². The number of aromatic nitrogens is 2.